The highest BCUT2D eigenvalue weighted by Gasteiger charge is 2.25. The Morgan fingerprint density at radius 2 is 1.91 bits per heavy atom. The van der Waals surface area contributed by atoms with Crippen molar-refractivity contribution in [3.63, 3.8) is 0 Å². The van der Waals surface area contributed by atoms with Crippen molar-refractivity contribution < 1.29 is 14.3 Å². The van der Waals surface area contributed by atoms with E-state index in [9.17, 15) is 5.11 Å². The number of aromatic nitrogens is 2. The first-order chi connectivity index (χ1) is 16.6. The summed E-state index contributed by atoms with van der Waals surface area (Å²) in [6, 6.07) is 20.8. The molecule has 0 spiro atoms. The molecule has 34 heavy (non-hydrogen) atoms. The van der Waals surface area contributed by atoms with E-state index in [1.165, 1.54) is 11.8 Å². The highest BCUT2D eigenvalue weighted by molar-refractivity contribution is 7.99. The van der Waals surface area contributed by atoms with Crippen molar-refractivity contribution in [3.05, 3.63) is 90.0 Å². The number of nitriles is 1. The standard InChI is InChI=1S/C27H21N3O3S/c1-2-3-17-6-10-24(31)23(12-17)20-9-11-25-21(13-20)14-22(32-25)16-34-27-30-29-26(33-27)19-7-4-18(15-28)5-8-19/h2,4-13,22,31H,1,3,14,16H2/t22-/m0/s1. The molecule has 0 saturated carbocycles. The maximum absolute atomic E-state index is 10.4. The Balaban J connectivity index is 1.24. The van der Waals surface area contributed by atoms with E-state index in [2.05, 4.69) is 28.9 Å². The van der Waals surface area contributed by atoms with Gasteiger partial charge in [0.15, 0.2) is 0 Å². The largest absolute Gasteiger partial charge is 0.507 e. The minimum Gasteiger partial charge on any atom is -0.507 e. The fourth-order valence-electron chi connectivity index (χ4n) is 3.93. The number of hydrogen-bond donors (Lipinski definition) is 1. The molecule has 0 saturated heterocycles. The summed E-state index contributed by atoms with van der Waals surface area (Å²) < 4.78 is 11.9. The van der Waals surface area contributed by atoms with Gasteiger partial charge in [0.1, 0.15) is 17.6 Å². The molecule has 0 radical (unpaired) electrons. The molecule has 1 aromatic heterocycles. The van der Waals surface area contributed by atoms with Crippen LogP contribution >= 0.6 is 11.8 Å². The maximum Gasteiger partial charge on any atom is 0.276 e. The number of ether oxygens (including phenoxy) is 1. The number of benzene rings is 3. The van der Waals surface area contributed by atoms with Crippen LogP contribution in [-0.2, 0) is 12.8 Å². The molecule has 7 heteroatoms. The molecule has 0 fully saturated rings. The number of thioether (sulfide) groups is 1. The van der Waals surface area contributed by atoms with E-state index in [1.807, 2.05) is 30.3 Å². The summed E-state index contributed by atoms with van der Waals surface area (Å²) in [6.45, 7) is 3.79. The molecule has 1 aliphatic heterocycles. The average molecular weight is 468 g/mol. The Morgan fingerprint density at radius 3 is 2.71 bits per heavy atom. The number of phenols is 1. The molecule has 1 aliphatic rings. The molecule has 0 aliphatic carbocycles. The summed E-state index contributed by atoms with van der Waals surface area (Å²) in [7, 11) is 0. The van der Waals surface area contributed by atoms with Gasteiger partial charge in [-0.1, -0.05) is 30.0 Å². The zero-order chi connectivity index (χ0) is 23.5. The number of rotatable bonds is 7. The summed E-state index contributed by atoms with van der Waals surface area (Å²) in [4.78, 5) is 0. The van der Waals surface area contributed by atoms with Crippen molar-refractivity contribution in [1.29, 1.82) is 5.26 Å². The van der Waals surface area contributed by atoms with Crippen molar-refractivity contribution in [2.45, 2.75) is 24.2 Å². The molecule has 1 atom stereocenters. The zero-order valence-electron chi connectivity index (χ0n) is 18.3. The smallest absolute Gasteiger partial charge is 0.276 e. The Morgan fingerprint density at radius 1 is 1.09 bits per heavy atom. The van der Waals surface area contributed by atoms with Gasteiger partial charge in [-0.15, -0.1) is 16.8 Å². The Bertz CT molecular complexity index is 1390. The van der Waals surface area contributed by atoms with Crippen LogP contribution in [-0.4, -0.2) is 27.2 Å². The average Bonchev–Trinajstić information content (AvgIpc) is 3.50. The zero-order valence-corrected chi connectivity index (χ0v) is 19.1. The molecule has 0 unspecified atom stereocenters. The van der Waals surface area contributed by atoms with Crippen molar-refractivity contribution >= 4 is 11.8 Å². The summed E-state index contributed by atoms with van der Waals surface area (Å²) in [6.07, 6.45) is 3.36. The van der Waals surface area contributed by atoms with Crippen molar-refractivity contribution in [2.75, 3.05) is 5.75 Å². The van der Waals surface area contributed by atoms with E-state index in [1.54, 1.807) is 30.3 Å². The molecule has 1 N–H and O–H groups in total. The van der Waals surface area contributed by atoms with Gasteiger partial charge in [0, 0.05) is 23.3 Å². The van der Waals surface area contributed by atoms with Gasteiger partial charge < -0.3 is 14.3 Å². The van der Waals surface area contributed by atoms with E-state index < -0.39 is 0 Å². The lowest BCUT2D eigenvalue weighted by Crippen LogP contribution is -2.15. The van der Waals surface area contributed by atoms with Crippen molar-refractivity contribution in [2.24, 2.45) is 0 Å². The van der Waals surface area contributed by atoms with Crippen LogP contribution in [0, 0.1) is 11.3 Å². The molecule has 5 rings (SSSR count). The summed E-state index contributed by atoms with van der Waals surface area (Å²) in [5.74, 6) is 2.21. The van der Waals surface area contributed by atoms with Gasteiger partial charge in [-0.2, -0.15) is 5.26 Å². The molecule has 0 bridgehead atoms. The van der Waals surface area contributed by atoms with Crippen molar-refractivity contribution in [1.82, 2.24) is 10.2 Å². The predicted octanol–water partition coefficient (Wildman–Crippen LogP) is 5.81. The third-order valence-electron chi connectivity index (χ3n) is 5.61. The molecule has 2 heterocycles. The monoisotopic (exact) mass is 467 g/mol. The number of allylic oxidation sites excluding steroid dienone is 1. The molecule has 168 valence electrons. The van der Waals surface area contributed by atoms with Crippen LogP contribution in [0.2, 0.25) is 0 Å². The van der Waals surface area contributed by atoms with Crippen LogP contribution in [0.3, 0.4) is 0 Å². The Labute approximate surface area is 201 Å². The van der Waals surface area contributed by atoms with Gasteiger partial charge >= 0.3 is 0 Å². The van der Waals surface area contributed by atoms with E-state index in [-0.39, 0.29) is 11.9 Å². The second-order valence-electron chi connectivity index (χ2n) is 7.98. The first kappa shape index (κ1) is 21.8. The molecule has 3 aromatic carbocycles. The van der Waals surface area contributed by atoms with E-state index in [0.29, 0.717) is 22.4 Å². The van der Waals surface area contributed by atoms with Gasteiger partial charge in [0.2, 0.25) is 5.89 Å². The van der Waals surface area contributed by atoms with Gasteiger partial charge in [-0.25, -0.2) is 0 Å². The Kier molecular flexibility index (Phi) is 6.07. The number of phenolic OH excluding ortho intramolecular Hbond substituents is 1. The van der Waals surface area contributed by atoms with Crippen LogP contribution < -0.4 is 4.74 Å². The van der Waals surface area contributed by atoms with Crippen LogP contribution in [0.15, 0.2) is 83.0 Å². The van der Waals surface area contributed by atoms with Gasteiger partial charge in [-0.05, 0) is 71.6 Å². The first-order valence-corrected chi connectivity index (χ1v) is 11.8. The highest BCUT2D eigenvalue weighted by atomic mass is 32.2. The fraction of sp³-hybridized carbons (Fsp3) is 0.148. The van der Waals surface area contributed by atoms with Crippen LogP contribution in [0.4, 0.5) is 0 Å². The number of aromatic hydroxyl groups is 1. The lowest BCUT2D eigenvalue weighted by Gasteiger charge is -2.09. The third-order valence-corrected chi connectivity index (χ3v) is 6.56. The van der Waals surface area contributed by atoms with Crippen molar-refractivity contribution in [3.8, 4) is 40.1 Å². The van der Waals surface area contributed by atoms with E-state index in [0.717, 1.165) is 46.4 Å². The quantitative estimate of drug-likeness (QED) is 0.271. The van der Waals surface area contributed by atoms with Gasteiger partial charge in [0.25, 0.3) is 5.22 Å². The molecule has 4 aromatic rings. The SMILES string of the molecule is C=CCc1ccc(O)c(-c2ccc3c(c2)C[C@@H](CSc2nnc(-c4ccc(C#N)cc4)o2)O3)c1. The lowest BCUT2D eigenvalue weighted by molar-refractivity contribution is 0.259. The summed E-state index contributed by atoms with van der Waals surface area (Å²) in [5, 5.41) is 28.0. The Hall–Kier alpha value is -4.02. The fourth-order valence-corrected chi connectivity index (χ4v) is 4.68. The van der Waals surface area contributed by atoms with Gasteiger partial charge in [0.05, 0.1) is 11.6 Å². The highest BCUT2D eigenvalue weighted by Crippen LogP contribution is 2.37. The lowest BCUT2D eigenvalue weighted by atomic mass is 9.98. The van der Waals surface area contributed by atoms with Crippen LogP contribution in [0.1, 0.15) is 16.7 Å². The van der Waals surface area contributed by atoms with Crippen LogP contribution in [0.25, 0.3) is 22.6 Å². The number of hydrogen-bond acceptors (Lipinski definition) is 7. The summed E-state index contributed by atoms with van der Waals surface area (Å²) >= 11 is 1.45. The second kappa shape index (κ2) is 9.46. The third kappa shape index (κ3) is 4.54. The molecular weight excluding hydrogens is 446 g/mol. The molecule has 6 nitrogen and oxygen atoms in total. The maximum atomic E-state index is 10.4. The first-order valence-electron chi connectivity index (χ1n) is 10.8. The number of nitrogens with zero attached hydrogens (tertiary/aromatic N) is 3. The van der Waals surface area contributed by atoms with E-state index in [4.69, 9.17) is 14.4 Å². The van der Waals surface area contributed by atoms with Crippen LogP contribution in [0.5, 0.6) is 11.5 Å². The molecule has 0 amide bonds. The minimum atomic E-state index is -0.0128. The molecular formula is C27H21N3O3S. The second-order valence-corrected chi connectivity index (χ2v) is 8.96. The van der Waals surface area contributed by atoms with E-state index >= 15 is 0 Å². The summed E-state index contributed by atoms with van der Waals surface area (Å²) in [5.41, 5.74) is 5.34. The minimum absolute atomic E-state index is 0.0128. The predicted molar refractivity (Wildman–Crippen MR) is 131 cm³/mol. The normalized spacial score (nSPS) is 14.3. The number of fused-ring (bicyclic) bond motifs is 1. The topological polar surface area (TPSA) is 92.2 Å². The van der Waals surface area contributed by atoms with Gasteiger partial charge in [-0.3, -0.25) is 0 Å².